The number of ether oxygens (including phenoxy) is 1. The molecule has 0 bridgehead atoms. The lowest BCUT2D eigenvalue weighted by Gasteiger charge is -2.25. The first kappa shape index (κ1) is 9.40. The van der Waals surface area contributed by atoms with Crippen molar-refractivity contribution in [1.29, 1.82) is 0 Å². The smallest absolute Gasteiger partial charge is 0.144 e. The highest BCUT2D eigenvalue weighted by atomic mass is 16.5. The summed E-state index contributed by atoms with van der Waals surface area (Å²) in [7, 11) is 0. The summed E-state index contributed by atoms with van der Waals surface area (Å²) in [5, 5.41) is 3.33. The van der Waals surface area contributed by atoms with Gasteiger partial charge in [-0.2, -0.15) is 0 Å². The zero-order valence-electron chi connectivity index (χ0n) is 8.53. The van der Waals surface area contributed by atoms with E-state index in [0.29, 0.717) is 6.04 Å². The molecule has 1 aliphatic rings. The van der Waals surface area contributed by atoms with Crippen molar-refractivity contribution in [2.24, 2.45) is 5.41 Å². The van der Waals surface area contributed by atoms with Gasteiger partial charge >= 0.3 is 0 Å². The SMILES string of the molecule is CC1(C)COCC1Nc1cnccn1. The van der Waals surface area contributed by atoms with Gasteiger partial charge in [0.05, 0.1) is 25.5 Å². The maximum absolute atomic E-state index is 5.43. The summed E-state index contributed by atoms with van der Waals surface area (Å²) in [5.74, 6) is 0.816. The number of nitrogens with one attached hydrogen (secondary N) is 1. The lowest BCUT2D eigenvalue weighted by atomic mass is 9.88. The zero-order valence-corrected chi connectivity index (χ0v) is 8.53. The van der Waals surface area contributed by atoms with Gasteiger partial charge in [-0.15, -0.1) is 0 Å². The Morgan fingerprint density at radius 2 is 2.36 bits per heavy atom. The molecule has 76 valence electrons. The van der Waals surface area contributed by atoms with Gasteiger partial charge in [-0.05, 0) is 0 Å². The standard InChI is InChI=1S/C10H15N3O/c1-10(2)7-14-6-8(10)13-9-5-11-3-4-12-9/h3-5,8H,6-7H2,1-2H3,(H,12,13). The molecule has 2 heterocycles. The normalized spacial score (nSPS) is 24.9. The molecule has 4 nitrogen and oxygen atoms in total. The molecular weight excluding hydrogens is 178 g/mol. The highest BCUT2D eigenvalue weighted by Gasteiger charge is 2.35. The summed E-state index contributed by atoms with van der Waals surface area (Å²) in [5.41, 5.74) is 0.164. The van der Waals surface area contributed by atoms with Crippen LogP contribution in [-0.2, 0) is 4.74 Å². The molecule has 0 aromatic carbocycles. The molecule has 1 saturated heterocycles. The monoisotopic (exact) mass is 193 g/mol. The summed E-state index contributed by atoms with van der Waals surface area (Å²) < 4.78 is 5.43. The van der Waals surface area contributed by atoms with E-state index in [0.717, 1.165) is 19.0 Å². The zero-order chi connectivity index (χ0) is 10.0. The van der Waals surface area contributed by atoms with E-state index in [4.69, 9.17) is 4.74 Å². The number of nitrogens with zero attached hydrogens (tertiary/aromatic N) is 2. The fraction of sp³-hybridized carbons (Fsp3) is 0.600. The van der Waals surface area contributed by atoms with E-state index in [9.17, 15) is 0 Å². The molecular formula is C10H15N3O. The molecule has 1 aromatic rings. The lowest BCUT2D eigenvalue weighted by Crippen LogP contribution is -2.34. The summed E-state index contributed by atoms with van der Waals surface area (Å²) in [6.45, 7) is 5.91. The van der Waals surface area contributed by atoms with Crippen molar-refractivity contribution >= 4 is 5.82 Å². The van der Waals surface area contributed by atoms with Crippen molar-refractivity contribution in [1.82, 2.24) is 9.97 Å². The molecule has 0 saturated carbocycles. The Balaban J connectivity index is 2.05. The van der Waals surface area contributed by atoms with Gasteiger partial charge in [-0.3, -0.25) is 4.98 Å². The Labute approximate surface area is 83.7 Å². The van der Waals surface area contributed by atoms with Gasteiger partial charge in [0, 0.05) is 17.8 Å². The highest BCUT2D eigenvalue weighted by molar-refractivity contribution is 5.32. The second-order valence-electron chi connectivity index (χ2n) is 4.29. The predicted molar refractivity (Wildman–Crippen MR) is 54.0 cm³/mol. The summed E-state index contributed by atoms with van der Waals surface area (Å²) in [4.78, 5) is 8.19. The van der Waals surface area contributed by atoms with Crippen LogP contribution in [0.15, 0.2) is 18.6 Å². The molecule has 1 N–H and O–H groups in total. The van der Waals surface area contributed by atoms with Crippen LogP contribution in [0.1, 0.15) is 13.8 Å². The van der Waals surface area contributed by atoms with Crippen LogP contribution >= 0.6 is 0 Å². The Kier molecular flexibility index (Phi) is 2.37. The number of anilines is 1. The van der Waals surface area contributed by atoms with Crippen LogP contribution in [0.3, 0.4) is 0 Å². The lowest BCUT2D eigenvalue weighted by molar-refractivity contribution is 0.167. The minimum atomic E-state index is 0.164. The molecule has 4 heteroatoms. The Morgan fingerprint density at radius 3 is 2.93 bits per heavy atom. The third-order valence-electron chi connectivity index (χ3n) is 2.59. The molecule has 1 fully saturated rings. The molecule has 14 heavy (non-hydrogen) atoms. The van der Waals surface area contributed by atoms with Gasteiger partial charge in [-0.1, -0.05) is 13.8 Å². The van der Waals surface area contributed by atoms with Gasteiger partial charge in [0.2, 0.25) is 0 Å². The first-order valence-corrected chi connectivity index (χ1v) is 4.79. The first-order chi connectivity index (χ1) is 6.68. The number of aromatic nitrogens is 2. The molecule has 0 aliphatic carbocycles. The van der Waals surface area contributed by atoms with Crippen LogP contribution in [0.4, 0.5) is 5.82 Å². The van der Waals surface area contributed by atoms with Crippen molar-refractivity contribution in [2.45, 2.75) is 19.9 Å². The number of rotatable bonds is 2. The van der Waals surface area contributed by atoms with Crippen LogP contribution in [0.2, 0.25) is 0 Å². The van der Waals surface area contributed by atoms with Crippen LogP contribution in [0.25, 0.3) is 0 Å². The topological polar surface area (TPSA) is 47.0 Å². The van der Waals surface area contributed by atoms with Crippen LogP contribution in [0.5, 0.6) is 0 Å². The second kappa shape index (κ2) is 3.53. The van der Waals surface area contributed by atoms with E-state index in [-0.39, 0.29) is 5.41 Å². The van der Waals surface area contributed by atoms with Gasteiger partial charge in [0.25, 0.3) is 0 Å². The largest absolute Gasteiger partial charge is 0.379 e. The maximum Gasteiger partial charge on any atom is 0.144 e. The van der Waals surface area contributed by atoms with Gasteiger partial charge < -0.3 is 10.1 Å². The molecule has 2 rings (SSSR count). The summed E-state index contributed by atoms with van der Waals surface area (Å²) in [6, 6.07) is 0.319. The van der Waals surface area contributed by atoms with Crippen LogP contribution < -0.4 is 5.32 Å². The molecule has 0 amide bonds. The summed E-state index contributed by atoms with van der Waals surface area (Å²) in [6.07, 6.45) is 5.08. The van der Waals surface area contributed by atoms with Gasteiger partial charge in [-0.25, -0.2) is 4.98 Å². The van der Waals surface area contributed by atoms with Crippen LogP contribution in [-0.4, -0.2) is 29.2 Å². The summed E-state index contributed by atoms with van der Waals surface area (Å²) >= 11 is 0. The Morgan fingerprint density at radius 1 is 1.50 bits per heavy atom. The van der Waals surface area contributed by atoms with E-state index in [1.54, 1.807) is 18.6 Å². The molecule has 1 aliphatic heterocycles. The molecule has 1 aromatic heterocycles. The molecule has 0 spiro atoms. The second-order valence-corrected chi connectivity index (χ2v) is 4.29. The Bertz CT molecular complexity index is 299. The third-order valence-corrected chi connectivity index (χ3v) is 2.59. The molecule has 1 unspecified atom stereocenters. The Hall–Kier alpha value is -1.16. The third kappa shape index (κ3) is 1.85. The van der Waals surface area contributed by atoms with Crippen molar-refractivity contribution < 1.29 is 4.74 Å². The van der Waals surface area contributed by atoms with Crippen molar-refractivity contribution in [3.63, 3.8) is 0 Å². The van der Waals surface area contributed by atoms with Gasteiger partial charge in [0.15, 0.2) is 0 Å². The van der Waals surface area contributed by atoms with Crippen molar-refractivity contribution in [3.8, 4) is 0 Å². The predicted octanol–water partition coefficient (Wildman–Crippen LogP) is 1.31. The quantitative estimate of drug-likeness (QED) is 0.769. The minimum Gasteiger partial charge on any atom is -0.379 e. The van der Waals surface area contributed by atoms with Gasteiger partial charge in [0.1, 0.15) is 5.82 Å². The first-order valence-electron chi connectivity index (χ1n) is 4.79. The van der Waals surface area contributed by atoms with E-state index < -0.39 is 0 Å². The van der Waals surface area contributed by atoms with E-state index in [1.165, 1.54) is 0 Å². The van der Waals surface area contributed by atoms with Crippen molar-refractivity contribution in [2.75, 3.05) is 18.5 Å². The van der Waals surface area contributed by atoms with E-state index in [2.05, 4.69) is 29.1 Å². The average molecular weight is 193 g/mol. The van der Waals surface area contributed by atoms with E-state index in [1.807, 2.05) is 0 Å². The number of hydrogen-bond donors (Lipinski definition) is 1. The fourth-order valence-corrected chi connectivity index (χ4v) is 1.56. The highest BCUT2D eigenvalue weighted by Crippen LogP contribution is 2.29. The van der Waals surface area contributed by atoms with Crippen LogP contribution in [0, 0.1) is 5.41 Å². The minimum absolute atomic E-state index is 0.164. The molecule has 0 radical (unpaired) electrons. The van der Waals surface area contributed by atoms with E-state index >= 15 is 0 Å². The maximum atomic E-state index is 5.43. The molecule has 1 atom stereocenters. The average Bonchev–Trinajstić information content (AvgIpc) is 2.48. The number of hydrogen-bond acceptors (Lipinski definition) is 4. The fourth-order valence-electron chi connectivity index (χ4n) is 1.56. The van der Waals surface area contributed by atoms with Crippen molar-refractivity contribution in [3.05, 3.63) is 18.6 Å².